The number of halogens is 3. The molecule has 2 aromatic carbocycles. The van der Waals surface area contributed by atoms with Crippen LogP contribution in [0.3, 0.4) is 0 Å². The van der Waals surface area contributed by atoms with Gasteiger partial charge in [0.25, 0.3) is 0 Å². The first-order valence-electron chi connectivity index (χ1n) is 11.7. The second kappa shape index (κ2) is 10.2. The van der Waals surface area contributed by atoms with E-state index in [1.165, 1.54) is 24.4 Å². The van der Waals surface area contributed by atoms with Crippen molar-refractivity contribution in [2.45, 2.75) is 34.1 Å². The minimum Gasteiger partial charge on any atom is -0.481 e. The molecule has 38 heavy (non-hydrogen) atoms. The summed E-state index contributed by atoms with van der Waals surface area (Å²) in [6.07, 6.45) is -1.66. The molecule has 0 spiro atoms. The zero-order chi connectivity index (χ0) is 27.7. The van der Waals surface area contributed by atoms with Crippen LogP contribution in [0.4, 0.5) is 13.2 Å². The van der Waals surface area contributed by atoms with E-state index in [0.29, 0.717) is 17.4 Å². The number of nitrogens with one attached hydrogen (secondary N) is 1. The van der Waals surface area contributed by atoms with Gasteiger partial charge in [0, 0.05) is 29.0 Å². The molecule has 4 aromatic rings. The number of nitrogens with zero attached hydrogens (tertiary/aromatic N) is 2. The predicted octanol–water partition coefficient (Wildman–Crippen LogP) is 6.81. The van der Waals surface area contributed by atoms with Gasteiger partial charge in [-0.05, 0) is 56.5 Å². The molecule has 2 N–H and O–H groups in total. The second-order valence-corrected chi connectivity index (χ2v) is 9.53. The van der Waals surface area contributed by atoms with Gasteiger partial charge in [0.15, 0.2) is 0 Å². The van der Waals surface area contributed by atoms with Crippen LogP contribution >= 0.6 is 0 Å². The Morgan fingerprint density at radius 1 is 0.947 bits per heavy atom. The number of aliphatic carboxylic acids is 1. The van der Waals surface area contributed by atoms with Crippen LogP contribution in [0.15, 0.2) is 60.9 Å². The van der Waals surface area contributed by atoms with Crippen molar-refractivity contribution in [1.82, 2.24) is 15.0 Å². The number of H-pyrrole nitrogens is 1. The number of ether oxygens (including phenoxy) is 2. The van der Waals surface area contributed by atoms with E-state index in [1.807, 2.05) is 32.0 Å². The molecule has 0 bridgehead atoms. The van der Waals surface area contributed by atoms with Gasteiger partial charge in [-0.2, -0.15) is 0 Å². The lowest BCUT2D eigenvalue weighted by Gasteiger charge is -2.19. The molecule has 198 valence electrons. The van der Waals surface area contributed by atoms with Gasteiger partial charge in [-0.1, -0.05) is 30.3 Å². The number of carbonyl (C=O) groups is 1. The summed E-state index contributed by atoms with van der Waals surface area (Å²) in [5.74, 6) is -0.426. The molecule has 0 saturated carbocycles. The topological polar surface area (TPSA) is 97.3 Å². The predicted molar refractivity (Wildman–Crippen MR) is 136 cm³/mol. The van der Waals surface area contributed by atoms with Crippen LogP contribution in [-0.2, 0) is 4.79 Å². The fourth-order valence-corrected chi connectivity index (χ4v) is 3.82. The van der Waals surface area contributed by atoms with Crippen molar-refractivity contribution in [2.24, 2.45) is 5.41 Å². The number of alkyl halides is 3. The number of carboxylic acid groups (broad SMARTS) is 1. The molecule has 0 atom stereocenters. The Hall–Kier alpha value is -4.34. The van der Waals surface area contributed by atoms with Crippen molar-refractivity contribution in [2.75, 3.05) is 6.61 Å². The molecular weight excluding hydrogens is 499 g/mol. The number of rotatable bonds is 8. The minimum atomic E-state index is -4.81. The average Bonchev–Trinajstić information content (AvgIpc) is 3.32. The number of aromatic amines is 1. The van der Waals surface area contributed by atoms with Gasteiger partial charge >= 0.3 is 12.3 Å². The molecule has 0 aliphatic carbocycles. The summed E-state index contributed by atoms with van der Waals surface area (Å²) in [4.78, 5) is 23.1. The lowest BCUT2D eigenvalue weighted by atomic mass is 9.95. The number of pyridine rings is 1. The van der Waals surface area contributed by atoms with Crippen molar-refractivity contribution in [3.63, 3.8) is 0 Å². The summed E-state index contributed by atoms with van der Waals surface area (Å²) < 4.78 is 48.2. The Morgan fingerprint density at radius 3 is 2.32 bits per heavy atom. The third-order valence-electron chi connectivity index (χ3n) is 6.02. The van der Waals surface area contributed by atoms with Crippen LogP contribution < -0.4 is 9.47 Å². The number of imidazole rings is 1. The molecule has 7 nitrogen and oxygen atoms in total. The highest BCUT2D eigenvalue weighted by Gasteiger charge is 2.32. The molecule has 0 fully saturated rings. The molecule has 0 unspecified atom stereocenters. The Labute approximate surface area is 217 Å². The van der Waals surface area contributed by atoms with Crippen LogP contribution in [0.1, 0.15) is 25.0 Å². The SMILES string of the molecule is Cc1cc(OCC(C)(C)C(=O)O)ncc1-c1ccc(-c2ncc(-c3ccccc3OC(F)(F)F)[nH]2)c(C)c1. The summed E-state index contributed by atoms with van der Waals surface area (Å²) in [5.41, 5.74) is 3.96. The molecule has 0 saturated heterocycles. The normalized spacial score (nSPS) is 11.9. The van der Waals surface area contributed by atoms with Crippen molar-refractivity contribution in [3.8, 4) is 45.4 Å². The number of benzene rings is 2. The van der Waals surface area contributed by atoms with E-state index in [2.05, 4.69) is 19.7 Å². The second-order valence-electron chi connectivity index (χ2n) is 9.53. The quantitative estimate of drug-likeness (QED) is 0.262. The standard InChI is InChI=1S/C28H26F3N3O4/c1-16-11-18(21-13-32-24(12-17(21)2)37-15-27(3,4)26(35)36)9-10-19(16)25-33-14-22(34-25)20-7-5-6-8-23(20)38-28(29,30)31/h5-14H,15H2,1-4H3,(H,33,34)(H,35,36). The van der Waals surface area contributed by atoms with Crippen LogP contribution in [0, 0.1) is 19.3 Å². The first-order chi connectivity index (χ1) is 17.8. The van der Waals surface area contributed by atoms with Crippen molar-refractivity contribution < 1.29 is 32.5 Å². The highest BCUT2D eigenvalue weighted by atomic mass is 19.4. The van der Waals surface area contributed by atoms with E-state index in [4.69, 9.17) is 4.74 Å². The van der Waals surface area contributed by atoms with E-state index in [0.717, 1.165) is 27.8 Å². The number of hydrogen-bond donors (Lipinski definition) is 2. The first kappa shape index (κ1) is 26.7. The van der Waals surface area contributed by atoms with E-state index < -0.39 is 17.7 Å². The lowest BCUT2D eigenvalue weighted by molar-refractivity contribution is -0.274. The van der Waals surface area contributed by atoms with Gasteiger partial charge < -0.3 is 19.6 Å². The summed E-state index contributed by atoms with van der Waals surface area (Å²) >= 11 is 0. The van der Waals surface area contributed by atoms with E-state index >= 15 is 0 Å². The van der Waals surface area contributed by atoms with Gasteiger partial charge in [0.1, 0.15) is 18.2 Å². The summed E-state index contributed by atoms with van der Waals surface area (Å²) in [5, 5.41) is 9.26. The first-order valence-corrected chi connectivity index (χ1v) is 11.7. The maximum Gasteiger partial charge on any atom is 0.573 e. The maximum absolute atomic E-state index is 12.8. The summed E-state index contributed by atoms with van der Waals surface area (Å²) in [6, 6.07) is 13.4. The Morgan fingerprint density at radius 2 is 1.66 bits per heavy atom. The average molecular weight is 526 g/mol. The summed E-state index contributed by atoms with van der Waals surface area (Å²) in [7, 11) is 0. The van der Waals surface area contributed by atoms with E-state index in [-0.39, 0.29) is 17.9 Å². The third kappa shape index (κ3) is 5.96. The number of hydrogen-bond acceptors (Lipinski definition) is 5. The zero-order valence-electron chi connectivity index (χ0n) is 21.2. The monoisotopic (exact) mass is 525 g/mol. The smallest absolute Gasteiger partial charge is 0.481 e. The Kier molecular flexibility index (Phi) is 7.17. The highest BCUT2D eigenvalue weighted by Crippen LogP contribution is 2.35. The summed E-state index contributed by atoms with van der Waals surface area (Å²) in [6.45, 7) is 6.97. The van der Waals surface area contributed by atoms with Crippen molar-refractivity contribution in [3.05, 3.63) is 72.1 Å². The molecule has 0 aliphatic heterocycles. The number of para-hydroxylation sites is 1. The highest BCUT2D eigenvalue weighted by molar-refractivity contribution is 5.75. The molecule has 2 heterocycles. The van der Waals surface area contributed by atoms with Crippen molar-refractivity contribution in [1.29, 1.82) is 0 Å². The van der Waals surface area contributed by atoms with Crippen LogP contribution in [0.2, 0.25) is 0 Å². The number of aromatic nitrogens is 3. The Bertz CT molecular complexity index is 1480. The van der Waals surface area contributed by atoms with Crippen LogP contribution in [-0.4, -0.2) is 39.0 Å². The van der Waals surface area contributed by atoms with Crippen molar-refractivity contribution >= 4 is 5.97 Å². The zero-order valence-corrected chi connectivity index (χ0v) is 21.2. The Balaban J connectivity index is 1.56. The fourth-order valence-electron chi connectivity index (χ4n) is 3.82. The van der Waals surface area contributed by atoms with Crippen LogP contribution in [0.5, 0.6) is 11.6 Å². The number of aryl methyl sites for hydroxylation is 2. The van der Waals surface area contributed by atoms with Gasteiger partial charge in [0.2, 0.25) is 5.88 Å². The van der Waals surface area contributed by atoms with Gasteiger partial charge in [-0.25, -0.2) is 9.97 Å². The lowest BCUT2D eigenvalue weighted by Crippen LogP contribution is -2.30. The largest absolute Gasteiger partial charge is 0.573 e. The molecule has 4 rings (SSSR count). The molecule has 0 amide bonds. The van der Waals surface area contributed by atoms with Gasteiger partial charge in [0.05, 0.1) is 17.3 Å². The molecule has 0 aliphatic rings. The van der Waals surface area contributed by atoms with E-state index in [9.17, 15) is 23.1 Å². The van der Waals surface area contributed by atoms with E-state index in [1.54, 1.807) is 32.2 Å². The molecule has 0 radical (unpaired) electrons. The molecule has 10 heteroatoms. The maximum atomic E-state index is 12.8. The fraction of sp³-hybridized carbons (Fsp3) is 0.250. The van der Waals surface area contributed by atoms with Gasteiger partial charge in [-0.15, -0.1) is 13.2 Å². The third-order valence-corrected chi connectivity index (χ3v) is 6.02. The molecular formula is C28H26F3N3O4. The minimum absolute atomic E-state index is 0.0140. The molecule has 2 aromatic heterocycles. The number of carboxylic acids is 1. The van der Waals surface area contributed by atoms with Crippen LogP contribution in [0.25, 0.3) is 33.8 Å². The van der Waals surface area contributed by atoms with Gasteiger partial charge in [-0.3, -0.25) is 4.79 Å².